The van der Waals surface area contributed by atoms with E-state index in [0.717, 1.165) is 24.6 Å². The highest BCUT2D eigenvalue weighted by Crippen LogP contribution is 2.32. The molecule has 1 fully saturated rings. The second-order valence-electron chi connectivity index (χ2n) is 3.58. The van der Waals surface area contributed by atoms with Gasteiger partial charge in [-0.15, -0.1) is 16.7 Å². The van der Waals surface area contributed by atoms with Crippen LogP contribution in [0.4, 0.5) is 0 Å². The molecule has 0 unspecified atom stereocenters. The molecule has 1 aliphatic carbocycles. The van der Waals surface area contributed by atoms with Crippen LogP contribution in [-0.4, -0.2) is 16.8 Å². The van der Waals surface area contributed by atoms with E-state index in [1.807, 2.05) is 12.1 Å². The standard InChI is InChI=1S/C10H13ClN2O/c11-7-9-3-4-10(13-12-9)14-6-5-8-1-2-8/h3-4,8H,1-2,5-7H2. The molecule has 0 atom stereocenters. The Bertz CT molecular complexity index is 285. The molecule has 0 spiro atoms. The van der Waals surface area contributed by atoms with Crippen molar-refractivity contribution < 1.29 is 4.74 Å². The number of nitrogens with zero attached hydrogens (tertiary/aromatic N) is 2. The Balaban J connectivity index is 1.77. The molecular formula is C10H13ClN2O. The third-order valence-electron chi connectivity index (χ3n) is 2.31. The van der Waals surface area contributed by atoms with Crippen LogP contribution < -0.4 is 4.74 Å². The molecule has 14 heavy (non-hydrogen) atoms. The minimum absolute atomic E-state index is 0.398. The lowest BCUT2D eigenvalue weighted by Gasteiger charge is -2.03. The average Bonchev–Trinajstić information content (AvgIpc) is 3.03. The topological polar surface area (TPSA) is 35.0 Å². The molecular weight excluding hydrogens is 200 g/mol. The van der Waals surface area contributed by atoms with Crippen molar-refractivity contribution in [3.8, 4) is 5.88 Å². The third kappa shape index (κ3) is 2.84. The largest absolute Gasteiger partial charge is 0.477 e. The summed E-state index contributed by atoms with van der Waals surface area (Å²) in [5, 5.41) is 7.81. The molecule has 76 valence electrons. The fourth-order valence-corrected chi connectivity index (χ4v) is 1.38. The molecule has 0 amide bonds. The molecule has 0 aliphatic heterocycles. The number of halogens is 1. The van der Waals surface area contributed by atoms with Gasteiger partial charge in [0.05, 0.1) is 18.2 Å². The van der Waals surface area contributed by atoms with Crippen LogP contribution in [0.3, 0.4) is 0 Å². The summed E-state index contributed by atoms with van der Waals surface area (Å²) in [6.07, 6.45) is 3.86. The molecule has 4 heteroatoms. The third-order valence-corrected chi connectivity index (χ3v) is 2.58. The lowest BCUT2D eigenvalue weighted by Crippen LogP contribution is -2.01. The van der Waals surface area contributed by atoms with Crippen LogP contribution in [0.2, 0.25) is 0 Å². The first-order valence-electron chi connectivity index (χ1n) is 4.90. The SMILES string of the molecule is ClCc1ccc(OCCC2CC2)nn1. The Morgan fingerprint density at radius 3 is 2.79 bits per heavy atom. The Labute approximate surface area is 88.4 Å². The lowest BCUT2D eigenvalue weighted by atomic mass is 10.3. The van der Waals surface area contributed by atoms with Crippen molar-refractivity contribution >= 4 is 11.6 Å². The summed E-state index contributed by atoms with van der Waals surface area (Å²) >= 11 is 5.59. The van der Waals surface area contributed by atoms with Gasteiger partial charge in [0.1, 0.15) is 0 Å². The molecule has 1 aromatic rings. The first-order valence-corrected chi connectivity index (χ1v) is 5.43. The monoisotopic (exact) mass is 212 g/mol. The molecule has 0 bridgehead atoms. The summed E-state index contributed by atoms with van der Waals surface area (Å²) in [4.78, 5) is 0. The van der Waals surface area contributed by atoms with Gasteiger partial charge in [0.15, 0.2) is 0 Å². The van der Waals surface area contributed by atoms with Crippen molar-refractivity contribution in [1.82, 2.24) is 10.2 Å². The van der Waals surface area contributed by atoms with Crippen molar-refractivity contribution in [1.29, 1.82) is 0 Å². The van der Waals surface area contributed by atoms with Crippen LogP contribution >= 0.6 is 11.6 Å². The van der Waals surface area contributed by atoms with Gasteiger partial charge in [-0.3, -0.25) is 0 Å². The predicted octanol–water partition coefficient (Wildman–Crippen LogP) is 2.39. The molecule has 1 aromatic heterocycles. The maximum absolute atomic E-state index is 5.59. The van der Waals surface area contributed by atoms with Gasteiger partial charge >= 0.3 is 0 Å². The molecule has 2 rings (SSSR count). The van der Waals surface area contributed by atoms with E-state index in [0.29, 0.717) is 11.8 Å². The van der Waals surface area contributed by atoms with Crippen LogP contribution in [0.15, 0.2) is 12.1 Å². The highest BCUT2D eigenvalue weighted by molar-refractivity contribution is 6.16. The number of aromatic nitrogens is 2. The maximum atomic E-state index is 5.59. The molecule has 1 aliphatic rings. The fourth-order valence-electron chi connectivity index (χ4n) is 1.23. The number of hydrogen-bond donors (Lipinski definition) is 0. The number of alkyl halides is 1. The van der Waals surface area contributed by atoms with E-state index in [2.05, 4.69) is 10.2 Å². The minimum atomic E-state index is 0.398. The highest BCUT2D eigenvalue weighted by Gasteiger charge is 2.20. The summed E-state index contributed by atoms with van der Waals surface area (Å²) < 4.78 is 5.44. The van der Waals surface area contributed by atoms with Crippen molar-refractivity contribution in [3.63, 3.8) is 0 Å². The molecule has 0 aromatic carbocycles. The second kappa shape index (κ2) is 4.60. The van der Waals surface area contributed by atoms with E-state index in [-0.39, 0.29) is 0 Å². The maximum Gasteiger partial charge on any atom is 0.233 e. The summed E-state index contributed by atoms with van der Waals surface area (Å²) in [6.45, 7) is 0.750. The molecule has 0 N–H and O–H groups in total. The normalized spacial score (nSPS) is 15.5. The van der Waals surface area contributed by atoms with E-state index in [9.17, 15) is 0 Å². The molecule has 3 nitrogen and oxygen atoms in total. The van der Waals surface area contributed by atoms with Gasteiger partial charge in [0, 0.05) is 6.07 Å². The summed E-state index contributed by atoms with van der Waals surface area (Å²) in [7, 11) is 0. The van der Waals surface area contributed by atoms with Gasteiger partial charge in [0.25, 0.3) is 0 Å². The second-order valence-corrected chi connectivity index (χ2v) is 3.84. The summed E-state index contributed by atoms with van der Waals surface area (Å²) in [6, 6.07) is 3.66. The van der Waals surface area contributed by atoms with Crippen molar-refractivity contribution in [2.24, 2.45) is 5.92 Å². The fraction of sp³-hybridized carbons (Fsp3) is 0.600. The molecule has 0 saturated heterocycles. The zero-order chi connectivity index (χ0) is 9.80. The van der Waals surface area contributed by atoms with Crippen molar-refractivity contribution in [2.45, 2.75) is 25.1 Å². The Kier molecular flexibility index (Phi) is 3.19. The summed E-state index contributed by atoms with van der Waals surface area (Å²) in [5.74, 6) is 1.89. The Morgan fingerprint density at radius 2 is 2.21 bits per heavy atom. The number of rotatable bonds is 5. The first-order chi connectivity index (χ1) is 6.88. The van der Waals surface area contributed by atoms with E-state index in [1.54, 1.807) is 0 Å². The summed E-state index contributed by atoms with van der Waals surface area (Å²) in [5.41, 5.74) is 0.779. The zero-order valence-electron chi connectivity index (χ0n) is 7.95. The van der Waals surface area contributed by atoms with Crippen molar-refractivity contribution in [2.75, 3.05) is 6.61 Å². The molecule has 0 radical (unpaired) electrons. The molecule has 1 heterocycles. The van der Waals surface area contributed by atoms with E-state index in [1.165, 1.54) is 12.8 Å². The van der Waals surface area contributed by atoms with Crippen LogP contribution in [-0.2, 0) is 5.88 Å². The number of ether oxygens (including phenoxy) is 1. The van der Waals surface area contributed by atoms with Crippen LogP contribution in [0.5, 0.6) is 5.88 Å². The first kappa shape index (κ1) is 9.71. The average molecular weight is 213 g/mol. The highest BCUT2D eigenvalue weighted by atomic mass is 35.5. The van der Waals surface area contributed by atoms with Crippen LogP contribution in [0.25, 0.3) is 0 Å². The van der Waals surface area contributed by atoms with Crippen molar-refractivity contribution in [3.05, 3.63) is 17.8 Å². The quantitative estimate of drug-likeness (QED) is 0.703. The van der Waals surface area contributed by atoms with Gasteiger partial charge in [0.2, 0.25) is 5.88 Å². The smallest absolute Gasteiger partial charge is 0.233 e. The predicted molar refractivity (Wildman–Crippen MR) is 54.4 cm³/mol. The Hall–Kier alpha value is -0.830. The van der Waals surface area contributed by atoms with Crippen LogP contribution in [0.1, 0.15) is 25.0 Å². The Morgan fingerprint density at radius 1 is 1.36 bits per heavy atom. The number of hydrogen-bond acceptors (Lipinski definition) is 3. The van der Waals surface area contributed by atoms with Gasteiger partial charge in [-0.25, -0.2) is 0 Å². The zero-order valence-corrected chi connectivity index (χ0v) is 8.70. The van der Waals surface area contributed by atoms with E-state index >= 15 is 0 Å². The van der Waals surface area contributed by atoms with E-state index in [4.69, 9.17) is 16.3 Å². The van der Waals surface area contributed by atoms with Gasteiger partial charge in [-0.1, -0.05) is 12.8 Å². The van der Waals surface area contributed by atoms with Crippen LogP contribution in [0, 0.1) is 5.92 Å². The molecule has 1 saturated carbocycles. The van der Waals surface area contributed by atoms with E-state index < -0.39 is 0 Å². The van der Waals surface area contributed by atoms with Gasteiger partial charge in [-0.05, 0) is 18.4 Å². The van der Waals surface area contributed by atoms with Gasteiger partial charge < -0.3 is 4.74 Å². The lowest BCUT2D eigenvalue weighted by molar-refractivity contribution is 0.287. The van der Waals surface area contributed by atoms with Gasteiger partial charge in [-0.2, -0.15) is 5.10 Å². The minimum Gasteiger partial charge on any atom is -0.477 e.